The highest BCUT2D eigenvalue weighted by atomic mass is 19.1. The summed E-state index contributed by atoms with van der Waals surface area (Å²) in [6.45, 7) is 1.37. The summed E-state index contributed by atoms with van der Waals surface area (Å²) < 4.78 is 19.2. The molecule has 0 spiro atoms. The lowest BCUT2D eigenvalue weighted by atomic mass is 10.1. The van der Waals surface area contributed by atoms with E-state index >= 15 is 0 Å². The van der Waals surface area contributed by atoms with Crippen molar-refractivity contribution < 1.29 is 33.4 Å². The first kappa shape index (κ1) is 19.7. The van der Waals surface area contributed by atoms with E-state index in [-0.39, 0.29) is 17.0 Å². The number of anilines is 1. The molecule has 1 aliphatic heterocycles. The molecule has 2 aromatic carbocycles. The SMILES string of the molecule is C[C@@H](Oc1ccc(/C=C2\C(=O)NC(=O)N(c3ccccc3F)C2=O)cc1)C(=O)O. The van der Waals surface area contributed by atoms with Crippen LogP contribution in [-0.4, -0.2) is 35.0 Å². The van der Waals surface area contributed by atoms with Crippen LogP contribution in [0.15, 0.2) is 54.1 Å². The molecule has 1 saturated heterocycles. The fraction of sp³-hybridized carbons (Fsp3) is 0.100. The molecule has 1 aliphatic rings. The van der Waals surface area contributed by atoms with Gasteiger partial charge in [-0.05, 0) is 42.8 Å². The van der Waals surface area contributed by atoms with Crippen molar-refractivity contribution in [3.05, 3.63) is 65.5 Å². The second-order valence-corrected chi connectivity index (χ2v) is 6.08. The van der Waals surface area contributed by atoms with Crippen LogP contribution in [-0.2, 0) is 14.4 Å². The Balaban J connectivity index is 1.89. The summed E-state index contributed by atoms with van der Waals surface area (Å²) in [6.07, 6.45) is 0.188. The van der Waals surface area contributed by atoms with Crippen molar-refractivity contribution in [2.75, 3.05) is 4.90 Å². The van der Waals surface area contributed by atoms with Gasteiger partial charge in [0.2, 0.25) is 0 Å². The zero-order valence-corrected chi connectivity index (χ0v) is 15.1. The normalized spacial score (nSPS) is 16.6. The molecular weight excluding hydrogens is 383 g/mol. The monoisotopic (exact) mass is 398 g/mol. The average Bonchev–Trinajstić information content (AvgIpc) is 2.67. The van der Waals surface area contributed by atoms with Crippen molar-refractivity contribution >= 4 is 35.6 Å². The molecule has 1 fully saturated rings. The summed E-state index contributed by atoms with van der Waals surface area (Å²) in [5.41, 5.74) is -0.220. The molecule has 0 aliphatic carbocycles. The van der Waals surface area contributed by atoms with Crippen LogP contribution in [0.1, 0.15) is 12.5 Å². The first-order chi connectivity index (χ1) is 13.8. The maximum atomic E-state index is 14.0. The van der Waals surface area contributed by atoms with Crippen LogP contribution in [0.2, 0.25) is 0 Å². The van der Waals surface area contributed by atoms with Gasteiger partial charge in [-0.2, -0.15) is 0 Å². The Labute approximate surface area is 164 Å². The van der Waals surface area contributed by atoms with Crippen molar-refractivity contribution in [2.45, 2.75) is 13.0 Å². The van der Waals surface area contributed by atoms with E-state index in [9.17, 15) is 23.6 Å². The van der Waals surface area contributed by atoms with Gasteiger partial charge in [-0.3, -0.25) is 14.9 Å². The fourth-order valence-electron chi connectivity index (χ4n) is 2.57. The van der Waals surface area contributed by atoms with Gasteiger partial charge in [-0.1, -0.05) is 24.3 Å². The Hall–Kier alpha value is -4.01. The number of nitrogens with one attached hydrogen (secondary N) is 1. The maximum absolute atomic E-state index is 14.0. The molecule has 0 aromatic heterocycles. The first-order valence-corrected chi connectivity index (χ1v) is 8.43. The average molecular weight is 398 g/mol. The number of amides is 4. The van der Waals surface area contributed by atoms with Crippen molar-refractivity contribution in [1.82, 2.24) is 5.32 Å². The number of imide groups is 2. The van der Waals surface area contributed by atoms with Crippen LogP contribution in [0.5, 0.6) is 5.75 Å². The topological polar surface area (TPSA) is 113 Å². The highest BCUT2D eigenvalue weighted by Crippen LogP contribution is 2.25. The van der Waals surface area contributed by atoms with E-state index in [0.717, 1.165) is 6.07 Å². The number of benzene rings is 2. The molecule has 0 bridgehead atoms. The molecule has 0 saturated carbocycles. The van der Waals surface area contributed by atoms with Gasteiger partial charge in [0.25, 0.3) is 11.8 Å². The predicted molar refractivity (Wildman–Crippen MR) is 99.6 cm³/mol. The highest BCUT2D eigenvalue weighted by Gasteiger charge is 2.37. The molecule has 9 heteroatoms. The smallest absolute Gasteiger partial charge is 0.344 e. The highest BCUT2D eigenvalue weighted by molar-refractivity contribution is 6.39. The number of carboxylic acid groups (broad SMARTS) is 1. The van der Waals surface area contributed by atoms with Gasteiger partial charge >= 0.3 is 12.0 Å². The number of para-hydroxylation sites is 1. The lowest BCUT2D eigenvalue weighted by Gasteiger charge is -2.26. The Bertz CT molecular complexity index is 1030. The van der Waals surface area contributed by atoms with Crippen LogP contribution in [0.3, 0.4) is 0 Å². The van der Waals surface area contributed by atoms with E-state index in [1.165, 1.54) is 55.5 Å². The van der Waals surface area contributed by atoms with Crippen molar-refractivity contribution in [3.8, 4) is 5.75 Å². The maximum Gasteiger partial charge on any atom is 0.344 e. The molecule has 0 unspecified atom stereocenters. The zero-order chi connectivity index (χ0) is 21.1. The van der Waals surface area contributed by atoms with E-state index in [0.29, 0.717) is 10.5 Å². The Morgan fingerprint density at radius 2 is 1.79 bits per heavy atom. The lowest BCUT2D eigenvalue weighted by molar-refractivity contribution is -0.144. The Kier molecular flexibility index (Phi) is 5.40. The molecular formula is C20H15FN2O6. The van der Waals surface area contributed by atoms with Crippen molar-refractivity contribution in [2.24, 2.45) is 0 Å². The van der Waals surface area contributed by atoms with E-state index < -0.39 is 35.7 Å². The zero-order valence-electron chi connectivity index (χ0n) is 15.1. The summed E-state index contributed by atoms with van der Waals surface area (Å²) in [7, 11) is 0. The number of urea groups is 1. The molecule has 1 atom stereocenters. The third-order valence-corrected chi connectivity index (χ3v) is 4.05. The van der Waals surface area contributed by atoms with Gasteiger partial charge < -0.3 is 9.84 Å². The number of hydrogen-bond acceptors (Lipinski definition) is 5. The number of barbiturate groups is 1. The van der Waals surface area contributed by atoms with Crippen molar-refractivity contribution in [1.29, 1.82) is 0 Å². The van der Waals surface area contributed by atoms with E-state index in [1.807, 2.05) is 5.32 Å². The molecule has 4 amide bonds. The van der Waals surface area contributed by atoms with Crippen LogP contribution in [0.25, 0.3) is 6.08 Å². The molecule has 2 aromatic rings. The van der Waals surface area contributed by atoms with E-state index in [2.05, 4.69) is 0 Å². The fourth-order valence-corrected chi connectivity index (χ4v) is 2.57. The number of carbonyl (C=O) groups is 4. The number of ether oxygens (including phenoxy) is 1. The number of aliphatic carboxylic acids is 1. The summed E-state index contributed by atoms with van der Waals surface area (Å²) in [4.78, 5) is 48.3. The summed E-state index contributed by atoms with van der Waals surface area (Å²) >= 11 is 0. The Morgan fingerprint density at radius 3 is 2.41 bits per heavy atom. The number of rotatable bonds is 5. The van der Waals surface area contributed by atoms with Gasteiger partial charge in [0.1, 0.15) is 17.1 Å². The predicted octanol–water partition coefficient (Wildman–Crippen LogP) is 2.34. The number of nitrogens with zero attached hydrogens (tertiary/aromatic N) is 1. The van der Waals surface area contributed by atoms with Crippen LogP contribution >= 0.6 is 0 Å². The van der Waals surface area contributed by atoms with Gasteiger partial charge in [-0.25, -0.2) is 18.9 Å². The molecule has 0 radical (unpaired) electrons. The van der Waals surface area contributed by atoms with E-state index in [1.54, 1.807) is 0 Å². The summed E-state index contributed by atoms with van der Waals surface area (Å²) in [5.74, 6) is -3.52. The molecule has 3 rings (SSSR count). The molecule has 8 nitrogen and oxygen atoms in total. The number of halogens is 1. The lowest BCUT2D eigenvalue weighted by Crippen LogP contribution is -2.54. The minimum absolute atomic E-state index is 0.278. The summed E-state index contributed by atoms with van der Waals surface area (Å²) in [5, 5.41) is 10.9. The number of carboxylic acids is 1. The third kappa shape index (κ3) is 4.13. The van der Waals surface area contributed by atoms with Crippen LogP contribution in [0, 0.1) is 5.82 Å². The summed E-state index contributed by atoms with van der Waals surface area (Å²) in [6, 6.07) is 10.1. The van der Waals surface area contributed by atoms with Gasteiger partial charge in [0, 0.05) is 0 Å². The second-order valence-electron chi connectivity index (χ2n) is 6.08. The Morgan fingerprint density at radius 1 is 1.14 bits per heavy atom. The van der Waals surface area contributed by atoms with Crippen LogP contribution in [0.4, 0.5) is 14.9 Å². The van der Waals surface area contributed by atoms with Gasteiger partial charge in [-0.15, -0.1) is 0 Å². The molecule has 148 valence electrons. The quantitative estimate of drug-likeness (QED) is 0.591. The second kappa shape index (κ2) is 7.93. The standard InChI is InChI=1S/C20H15FN2O6/c1-11(19(26)27)29-13-8-6-12(7-9-13)10-14-17(24)22-20(28)23(18(14)25)16-5-3-2-4-15(16)21/h2-11H,1H3,(H,26,27)(H,22,24,28)/b14-10+/t11-/m1/s1. The minimum Gasteiger partial charge on any atom is -0.479 e. The van der Waals surface area contributed by atoms with Crippen LogP contribution < -0.4 is 15.0 Å². The third-order valence-electron chi connectivity index (χ3n) is 4.05. The number of hydrogen-bond donors (Lipinski definition) is 2. The first-order valence-electron chi connectivity index (χ1n) is 8.43. The minimum atomic E-state index is -1.13. The van der Waals surface area contributed by atoms with Gasteiger partial charge in [0.05, 0.1) is 5.69 Å². The van der Waals surface area contributed by atoms with Gasteiger partial charge in [0.15, 0.2) is 6.10 Å². The number of carbonyl (C=O) groups excluding carboxylic acids is 3. The molecule has 29 heavy (non-hydrogen) atoms. The molecule has 2 N–H and O–H groups in total. The van der Waals surface area contributed by atoms with E-state index in [4.69, 9.17) is 9.84 Å². The largest absolute Gasteiger partial charge is 0.479 e. The molecule has 1 heterocycles. The van der Waals surface area contributed by atoms with Crippen molar-refractivity contribution in [3.63, 3.8) is 0 Å².